The van der Waals surface area contributed by atoms with Gasteiger partial charge in [0, 0.05) is 22.6 Å². The minimum atomic E-state index is -0.303. The third-order valence-corrected chi connectivity index (χ3v) is 3.75. The number of rotatable bonds is 5. The maximum absolute atomic E-state index is 8.92. The summed E-state index contributed by atoms with van der Waals surface area (Å²) in [7, 11) is 1.54. The molecule has 0 bridgehead atoms. The van der Waals surface area contributed by atoms with Gasteiger partial charge < -0.3 is 15.2 Å². The Kier molecular flexibility index (Phi) is 5.20. The van der Waals surface area contributed by atoms with Gasteiger partial charge in [-0.2, -0.15) is 5.26 Å². The normalized spacial score (nSPS) is 11.5. The molecule has 0 saturated heterocycles. The lowest BCUT2D eigenvalue weighted by molar-refractivity contribution is 0.204. The molecule has 0 fully saturated rings. The summed E-state index contributed by atoms with van der Waals surface area (Å²) in [5.41, 5.74) is 7.31. The monoisotopic (exact) mass is 346 g/mol. The Balaban J connectivity index is 2.31. The molecule has 5 heteroatoms. The lowest BCUT2D eigenvalue weighted by atomic mass is 10.1. The van der Waals surface area contributed by atoms with Crippen LogP contribution in [0.15, 0.2) is 46.9 Å². The Morgan fingerprint density at radius 2 is 2.00 bits per heavy atom. The smallest absolute Gasteiger partial charge is 0.162 e. The molecule has 0 aliphatic rings. The number of benzene rings is 2. The second kappa shape index (κ2) is 7.11. The van der Waals surface area contributed by atoms with Gasteiger partial charge in [-0.05, 0) is 18.2 Å². The van der Waals surface area contributed by atoms with Crippen LogP contribution < -0.4 is 15.2 Å². The van der Waals surface area contributed by atoms with Crippen LogP contribution in [0.4, 0.5) is 0 Å². The van der Waals surface area contributed by atoms with Crippen molar-refractivity contribution in [3.05, 3.63) is 58.1 Å². The van der Waals surface area contributed by atoms with Crippen molar-refractivity contribution < 1.29 is 9.47 Å². The zero-order chi connectivity index (χ0) is 15.2. The van der Waals surface area contributed by atoms with Gasteiger partial charge in [0.1, 0.15) is 6.10 Å². The molecular formula is C16H15BrN2O2. The van der Waals surface area contributed by atoms with Crippen LogP contribution in [0.5, 0.6) is 11.5 Å². The van der Waals surface area contributed by atoms with Gasteiger partial charge in [0.15, 0.2) is 11.5 Å². The number of ether oxygens (including phenoxy) is 2. The van der Waals surface area contributed by atoms with Gasteiger partial charge in [0.25, 0.3) is 0 Å². The molecule has 2 rings (SSSR count). The summed E-state index contributed by atoms with van der Waals surface area (Å²) in [6, 6.07) is 14.9. The minimum absolute atomic E-state index is 0.303. The molecule has 0 saturated carbocycles. The summed E-state index contributed by atoms with van der Waals surface area (Å²) >= 11 is 3.50. The lowest BCUT2D eigenvalue weighted by Crippen LogP contribution is -2.19. The van der Waals surface area contributed by atoms with Gasteiger partial charge in [-0.25, -0.2) is 0 Å². The molecule has 1 atom stereocenters. The van der Waals surface area contributed by atoms with E-state index in [-0.39, 0.29) is 6.10 Å². The SMILES string of the molecule is COc1cc(C#N)ccc1OC(CN)c1ccccc1Br. The number of nitriles is 1. The maximum Gasteiger partial charge on any atom is 0.162 e. The molecule has 2 aromatic rings. The summed E-state index contributed by atoms with van der Waals surface area (Å²) in [5, 5.41) is 8.92. The Bertz CT molecular complexity index is 668. The van der Waals surface area contributed by atoms with Gasteiger partial charge >= 0.3 is 0 Å². The quantitative estimate of drug-likeness (QED) is 0.900. The average Bonchev–Trinajstić information content (AvgIpc) is 2.53. The zero-order valence-electron chi connectivity index (χ0n) is 11.5. The van der Waals surface area contributed by atoms with E-state index in [9.17, 15) is 0 Å². The fourth-order valence-corrected chi connectivity index (χ4v) is 2.50. The van der Waals surface area contributed by atoms with Crippen LogP contribution in [0.3, 0.4) is 0 Å². The van der Waals surface area contributed by atoms with Crippen LogP contribution in [0.25, 0.3) is 0 Å². The van der Waals surface area contributed by atoms with Crippen molar-refractivity contribution in [2.75, 3.05) is 13.7 Å². The summed E-state index contributed by atoms with van der Waals surface area (Å²) in [5.74, 6) is 1.07. The second-order valence-corrected chi connectivity index (χ2v) is 5.20. The Labute approximate surface area is 132 Å². The number of nitrogens with zero attached hydrogens (tertiary/aromatic N) is 1. The molecule has 0 aromatic heterocycles. The van der Waals surface area contributed by atoms with Crippen molar-refractivity contribution in [2.24, 2.45) is 5.73 Å². The molecule has 0 aliphatic heterocycles. The highest BCUT2D eigenvalue weighted by Crippen LogP contribution is 2.33. The van der Waals surface area contributed by atoms with Crippen LogP contribution in [0.1, 0.15) is 17.2 Å². The van der Waals surface area contributed by atoms with E-state index in [4.69, 9.17) is 20.5 Å². The molecule has 108 valence electrons. The van der Waals surface area contributed by atoms with Crippen molar-refractivity contribution in [2.45, 2.75) is 6.10 Å². The molecule has 0 amide bonds. The first-order valence-corrected chi connectivity index (χ1v) is 7.18. The van der Waals surface area contributed by atoms with Crippen LogP contribution in [-0.2, 0) is 0 Å². The van der Waals surface area contributed by atoms with Gasteiger partial charge in [-0.1, -0.05) is 34.1 Å². The van der Waals surface area contributed by atoms with Crippen LogP contribution in [-0.4, -0.2) is 13.7 Å². The second-order valence-electron chi connectivity index (χ2n) is 4.34. The fourth-order valence-electron chi connectivity index (χ4n) is 1.96. The van der Waals surface area contributed by atoms with E-state index >= 15 is 0 Å². The molecule has 0 spiro atoms. The number of nitrogens with two attached hydrogens (primary N) is 1. The van der Waals surface area contributed by atoms with Gasteiger partial charge in [-0.3, -0.25) is 0 Å². The number of methoxy groups -OCH3 is 1. The van der Waals surface area contributed by atoms with Crippen molar-refractivity contribution in [3.8, 4) is 17.6 Å². The van der Waals surface area contributed by atoms with E-state index in [0.717, 1.165) is 10.0 Å². The van der Waals surface area contributed by atoms with Crippen LogP contribution in [0, 0.1) is 11.3 Å². The van der Waals surface area contributed by atoms with E-state index in [2.05, 4.69) is 22.0 Å². The highest BCUT2D eigenvalue weighted by molar-refractivity contribution is 9.10. The van der Waals surface area contributed by atoms with Gasteiger partial charge in [0.2, 0.25) is 0 Å². The number of halogens is 1. The molecule has 2 N–H and O–H groups in total. The summed E-state index contributed by atoms with van der Waals surface area (Å²) in [6.45, 7) is 0.325. The van der Waals surface area contributed by atoms with E-state index in [1.165, 1.54) is 0 Å². The Morgan fingerprint density at radius 1 is 1.24 bits per heavy atom. The Hall–Kier alpha value is -2.03. The summed E-state index contributed by atoms with van der Waals surface area (Å²) in [4.78, 5) is 0. The predicted molar refractivity (Wildman–Crippen MR) is 84.3 cm³/mol. The van der Waals surface area contributed by atoms with E-state index in [0.29, 0.717) is 23.6 Å². The molecular weight excluding hydrogens is 332 g/mol. The van der Waals surface area contributed by atoms with E-state index < -0.39 is 0 Å². The lowest BCUT2D eigenvalue weighted by Gasteiger charge is -2.20. The average molecular weight is 347 g/mol. The highest BCUT2D eigenvalue weighted by atomic mass is 79.9. The van der Waals surface area contributed by atoms with E-state index in [1.54, 1.807) is 25.3 Å². The van der Waals surface area contributed by atoms with Crippen molar-refractivity contribution in [1.29, 1.82) is 5.26 Å². The van der Waals surface area contributed by atoms with Crippen molar-refractivity contribution in [3.63, 3.8) is 0 Å². The minimum Gasteiger partial charge on any atom is -0.493 e. The highest BCUT2D eigenvalue weighted by Gasteiger charge is 2.17. The predicted octanol–water partition coefficient (Wildman–Crippen LogP) is 3.41. The zero-order valence-corrected chi connectivity index (χ0v) is 13.1. The first kappa shape index (κ1) is 15.4. The third kappa shape index (κ3) is 3.54. The standard InChI is InChI=1S/C16H15BrN2O2/c1-20-15-8-11(9-18)6-7-14(15)21-16(10-19)12-4-2-3-5-13(12)17/h2-8,16H,10,19H2,1H3. The molecule has 0 heterocycles. The first-order valence-electron chi connectivity index (χ1n) is 6.39. The molecule has 1 unspecified atom stereocenters. The largest absolute Gasteiger partial charge is 0.493 e. The van der Waals surface area contributed by atoms with Crippen molar-refractivity contribution in [1.82, 2.24) is 0 Å². The maximum atomic E-state index is 8.92. The molecule has 4 nitrogen and oxygen atoms in total. The van der Waals surface area contributed by atoms with Crippen molar-refractivity contribution >= 4 is 15.9 Å². The summed E-state index contributed by atoms with van der Waals surface area (Å²) in [6.07, 6.45) is -0.303. The molecule has 0 aliphatic carbocycles. The molecule has 2 aromatic carbocycles. The molecule has 21 heavy (non-hydrogen) atoms. The molecule has 0 radical (unpaired) electrons. The number of hydrogen-bond donors (Lipinski definition) is 1. The van der Waals surface area contributed by atoms with E-state index in [1.807, 2.05) is 24.3 Å². The number of hydrogen-bond acceptors (Lipinski definition) is 4. The van der Waals surface area contributed by atoms with Crippen LogP contribution in [0.2, 0.25) is 0 Å². The fraction of sp³-hybridized carbons (Fsp3) is 0.188. The summed E-state index contributed by atoms with van der Waals surface area (Å²) < 4.78 is 12.2. The van der Waals surface area contributed by atoms with Gasteiger partial charge in [0.05, 0.1) is 18.7 Å². The third-order valence-electron chi connectivity index (χ3n) is 3.03. The van der Waals surface area contributed by atoms with Gasteiger partial charge in [-0.15, -0.1) is 0 Å². The topological polar surface area (TPSA) is 68.3 Å². The van der Waals surface area contributed by atoms with Crippen LogP contribution >= 0.6 is 15.9 Å². The Morgan fingerprint density at radius 3 is 2.62 bits per heavy atom. The first-order chi connectivity index (χ1) is 10.2.